The molecular formula is C17H35B4N4O6. The highest BCUT2D eigenvalue weighted by Gasteiger charge is 2.54. The van der Waals surface area contributed by atoms with Gasteiger partial charge in [-0.3, -0.25) is 10.2 Å². The zero-order valence-corrected chi connectivity index (χ0v) is 19.2. The second-order valence-electron chi connectivity index (χ2n) is 8.90. The quantitative estimate of drug-likeness (QED) is 0.0698. The van der Waals surface area contributed by atoms with Crippen LogP contribution >= 0.6 is 0 Å². The van der Waals surface area contributed by atoms with Gasteiger partial charge >= 0.3 is 34.6 Å². The molecule has 2 fully saturated rings. The van der Waals surface area contributed by atoms with Crippen molar-refractivity contribution in [3.05, 3.63) is 0 Å². The molecule has 0 bridgehead atoms. The summed E-state index contributed by atoms with van der Waals surface area (Å²) >= 11 is 0. The fraction of sp³-hybridized carbons (Fsp3) is 0.882. The smallest absolute Gasteiger partial charge is 0.398 e. The molecular weight excluding hydrogens is 399 g/mol. The predicted octanol–water partition coefficient (Wildman–Crippen LogP) is -0.443. The number of hydrogen-bond acceptors (Lipinski definition) is 10. The largest absolute Gasteiger partial charge is 0.556 e. The average molecular weight is 435 g/mol. The summed E-state index contributed by atoms with van der Waals surface area (Å²) in [6.45, 7) is 11.5. The van der Waals surface area contributed by atoms with E-state index in [9.17, 15) is 9.82 Å². The fourth-order valence-corrected chi connectivity index (χ4v) is 3.40. The van der Waals surface area contributed by atoms with Crippen molar-refractivity contribution in [1.82, 2.24) is 14.8 Å². The standard InChI is InChI=1S/C17H35B4N4O6/c1-17(2,3)31-16(26)15(25(20-12-29-20)21-13-30-21)6-5-9-24(10-7-18-28-14-22)11-8-23-19(4)27/h14-15,22-23,27H,5-13H2,1-4H3/t15-/m0/s1. The number of carbonyl (C=O) groups excluding carboxylic acids is 1. The van der Waals surface area contributed by atoms with E-state index in [-0.39, 0.29) is 20.1 Å². The normalized spacial score (nSPS) is 16.4. The van der Waals surface area contributed by atoms with E-state index in [0.29, 0.717) is 32.3 Å². The van der Waals surface area contributed by atoms with Crippen LogP contribution in [0, 0.1) is 5.41 Å². The lowest BCUT2D eigenvalue weighted by atomic mass is 9.74. The molecule has 31 heavy (non-hydrogen) atoms. The Morgan fingerprint density at radius 2 is 1.97 bits per heavy atom. The van der Waals surface area contributed by atoms with Crippen molar-refractivity contribution in [1.29, 1.82) is 5.41 Å². The van der Waals surface area contributed by atoms with E-state index < -0.39 is 18.7 Å². The summed E-state index contributed by atoms with van der Waals surface area (Å²) in [6, 6.07) is -0.413. The third-order valence-electron chi connectivity index (χ3n) is 4.88. The number of nitrogens with one attached hydrogen (secondary N) is 2. The first-order valence-corrected chi connectivity index (χ1v) is 11.0. The van der Waals surface area contributed by atoms with Crippen LogP contribution < -0.4 is 5.23 Å². The van der Waals surface area contributed by atoms with E-state index in [2.05, 4.69) is 10.1 Å². The van der Waals surface area contributed by atoms with Gasteiger partial charge in [-0.25, -0.2) is 0 Å². The molecule has 10 nitrogen and oxygen atoms in total. The molecule has 1 radical (unpaired) electrons. The lowest BCUT2D eigenvalue weighted by molar-refractivity contribution is -0.159. The van der Waals surface area contributed by atoms with Gasteiger partial charge in [0.1, 0.15) is 12.0 Å². The second-order valence-corrected chi connectivity index (χ2v) is 8.90. The molecule has 0 amide bonds. The number of ether oxygens (including phenoxy) is 1. The van der Waals surface area contributed by atoms with Gasteiger partial charge in [0.2, 0.25) is 0 Å². The molecule has 2 aliphatic rings. The van der Waals surface area contributed by atoms with Gasteiger partial charge in [0, 0.05) is 6.54 Å². The maximum atomic E-state index is 13.0. The Hall–Kier alpha value is -1.04. The Morgan fingerprint density at radius 3 is 2.48 bits per heavy atom. The van der Waals surface area contributed by atoms with Crippen molar-refractivity contribution >= 4 is 41.0 Å². The van der Waals surface area contributed by atoms with Crippen molar-refractivity contribution in [2.75, 3.05) is 39.2 Å². The summed E-state index contributed by atoms with van der Waals surface area (Å²) in [4.78, 5) is 15.2. The number of carbonyl (C=O) groups is 1. The van der Waals surface area contributed by atoms with Gasteiger partial charge in [-0.2, -0.15) is 0 Å². The molecule has 171 valence electrons. The molecule has 0 spiro atoms. The van der Waals surface area contributed by atoms with Gasteiger partial charge in [-0.05, 0) is 66.4 Å². The first-order chi connectivity index (χ1) is 14.7. The first-order valence-electron chi connectivity index (χ1n) is 11.0. The minimum Gasteiger partial charge on any atom is -0.556 e. The van der Waals surface area contributed by atoms with E-state index in [1.54, 1.807) is 14.3 Å². The molecule has 14 heteroatoms. The fourth-order valence-electron chi connectivity index (χ4n) is 3.40. The Bertz CT molecular complexity index is 551. The minimum absolute atomic E-state index is 0.0794. The molecule has 0 aromatic heterocycles. The highest BCUT2D eigenvalue weighted by atomic mass is 16.6. The third kappa shape index (κ3) is 10.9. The first kappa shape index (κ1) is 26.2. The number of rotatable bonds is 17. The molecule has 2 rings (SSSR count). The van der Waals surface area contributed by atoms with Crippen LogP contribution in [0.15, 0.2) is 0 Å². The Balaban J connectivity index is 1.91. The summed E-state index contributed by atoms with van der Waals surface area (Å²) in [6.07, 6.45) is 3.01. The number of nitrogens with zero attached hydrogens (tertiary/aromatic N) is 2. The molecule has 0 aromatic rings. The summed E-state index contributed by atoms with van der Waals surface area (Å²) in [5.74, 6) is -0.242. The summed E-state index contributed by atoms with van der Waals surface area (Å²) in [7, 11) is 0.882. The second kappa shape index (κ2) is 12.9. The maximum Gasteiger partial charge on any atom is 0.398 e. The van der Waals surface area contributed by atoms with E-state index in [0.717, 1.165) is 32.5 Å². The van der Waals surface area contributed by atoms with Crippen LogP contribution in [0.1, 0.15) is 33.6 Å². The summed E-state index contributed by atoms with van der Waals surface area (Å²) in [5, 5.41) is 19.4. The van der Waals surface area contributed by atoms with Crippen LogP contribution in [0.25, 0.3) is 0 Å². The Morgan fingerprint density at radius 1 is 1.32 bits per heavy atom. The lowest BCUT2D eigenvalue weighted by Gasteiger charge is -2.30. The average Bonchev–Trinajstić information content (AvgIpc) is 3.56. The molecule has 2 aliphatic heterocycles. The predicted molar refractivity (Wildman–Crippen MR) is 123 cm³/mol. The maximum absolute atomic E-state index is 13.0. The van der Waals surface area contributed by atoms with Gasteiger partial charge in [0.05, 0.1) is 19.1 Å². The topological polar surface area (TPSA) is 123 Å². The van der Waals surface area contributed by atoms with E-state index in [1.165, 1.54) is 0 Å². The van der Waals surface area contributed by atoms with Crippen molar-refractivity contribution < 1.29 is 28.5 Å². The highest BCUT2D eigenvalue weighted by molar-refractivity contribution is 6.74. The molecule has 0 aliphatic carbocycles. The van der Waals surface area contributed by atoms with Crippen LogP contribution in [-0.4, -0.2) is 106 Å². The van der Waals surface area contributed by atoms with E-state index in [1.807, 2.05) is 25.5 Å². The molecule has 3 N–H and O–H groups in total. The molecule has 0 unspecified atom stereocenters. The van der Waals surface area contributed by atoms with Crippen molar-refractivity contribution in [3.63, 3.8) is 0 Å². The zero-order chi connectivity index (χ0) is 22.9. The van der Waals surface area contributed by atoms with Crippen LogP contribution in [0.3, 0.4) is 0 Å². The lowest BCUT2D eigenvalue weighted by Crippen LogP contribution is -2.51. The van der Waals surface area contributed by atoms with Gasteiger partial charge in [-0.1, -0.05) is 0 Å². The molecule has 2 heterocycles. The number of hydrogen-bond donors (Lipinski definition) is 3. The van der Waals surface area contributed by atoms with E-state index in [4.69, 9.17) is 24.1 Å². The van der Waals surface area contributed by atoms with Crippen LogP contribution in [0.2, 0.25) is 13.1 Å². The highest BCUT2D eigenvalue weighted by Crippen LogP contribution is 2.26. The van der Waals surface area contributed by atoms with Crippen molar-refractivity contribution in [3.8, 4) is 0 Å². The van der Waals surface area contributed by atoms with Gasteiger partial charge in [0.25, 0.3) is 0 Å². The van der Waals surface area contributed by atoms with Crippen LogP contribution in [0.4, 0.5) is 0 Å². The number of esters is 1. The zero-order valence-electron chi connectivity index (χ0n) is 19.2. The molecule has 0 saturated carbocycles. The Labute approximate surface area is 187 Å². The monoisotopic (exact) mass is 435 g/mol. The minimum atomic E-state index is -0.558. The van der Waals surface area contributed by atoms with Crippen molar-refractivity contribution in [2.24, 2.45) is 0 Å². The van der Waals surface area contributed by atoms with Crippen LogP contribution in [-0.2, 0) is 23.5 Å². The SMILES string of the molecule is CB(O)NCCN(CC[B]OC=N)CCC[C@@H](C(=O)OC(C)(C)C)N(B1CO1)B1CO1. The molecule has 1 atom stereocenters. The van der Waals surface area contributed by atoms with Gasteiger partial charge in [-0.15, -0.1) is 0 Å². The van der Waals surface area contributed by atoms with Gasteiger partial charge in [0.15, 0.2) is 0 Å². The van der Waals surface area contributed by atoms with Gasteiger partial charge < -0.3 is 38.6 Å². The van der Waals surface area contributed by atoms with Crippen LogP contribution in [0.5, 0.6) is 0 Å². The summed E-state index contributed by atoms with van der Waals surface area (Å²) in [5.41, 5.74) is -0.556. The third-order valence-corrected chi connectivity index (χ3v) is 4.88. The Kier molecular flexibility index (Phi) is 10.9. The summed E-state index contributed by atoms with van der Waals surface area (Å²) < 4.78 is 23.5. The molecule has 0 aromatic carbocycles. The molecule has 2 saturated heterocycles. The van der Waals surface area contributed by atoms with Crippen molar-refractivity contribution in [2.45, 2.75) is 58.4 Å². The van der Waals surface area contributed by atoms with E-state index >= 15 is 0 Å².